The highest BCUT2D eigenvalue weighted by atomic mass is 32.2. The lowest BCUT2D eigenvalue weighted by molar-refractivity contribution is 0.437. The van der Waals surface area contributed by atoms with Gasteiger partial charge in [0, 0.05) is 13.1 Å². The number of nitrogens with zero attached hydrogens (tertiary/aromatic N) is 2. The average Bonchev–Trinajstić information content (AvgIpc) is 2.60. The van der Waals surface area contributed by atoms with Gasteiger partial charge in [0.1, 0.15) is 4.90 Å². The molecule has 6 heteroatoms. The van der Waals surface area contributed by atoms with Crippen LogP contribution in [0.3, 0.4) is 0 Å². The number of aromatic nitrogens is 2. The maximum atomic E-state index is 12.3. The molecular formula is C10H15N3O2S. The molecule has 0 saturated carbocycles. The van der Waals surface area contributed by atoms with Gasteiger partial charge in [-0.3, -0.25) is 5.10 Å². The smallest absolute Gasteiger partial charge is 0.247 e. The maximum absolute atomic E-state index is 12.3. The van der Waals surface area contributed by atoms with Crippen LogP contribution in [0.25, 0.3) is 0 Å². The Bertz CT molecular complexity index is 497. The molecule has 16 heavy (non-hydrogen) atoms. The largest absolute Gasteiger partial charge is 0.281 e. The first-order valence-corrected chi connectivity index (χ1v) is 6.64. The highest BCUT2D eigenvalue weighted by Gasteiger charge is 2.29. The van der Waals surface area contributed by atoms with E-state index < -0.39 is 10.0 Å². The van der Waals surface area contributed by atoms with Crippen LogP contribution in [-0.4, -0.2) is 36.0 Å². The second kappa shape index (κ2) is 4.03. The van der Waals surface area contributed by atoms with E-state index in [1.165, 1.54) is 4.31 Å². The van der Waals surface area contributed by atoms with Crippen molar-refractivity contribution in [1.82, 2.24) is 14.5 Å². The van der Waals surface area contributed by atoms with Crippen LogP contribution in [0, 0.1) is 13.8 Å². The Morgan fingerprint density at radius 2 is 2.12 bits per heavy atom. The molecule has 0 fully saturated rings. The Kier molecular flexibility index (Phi) is 2.86. The van der Waals surface area contributed by atoms with Crippen molar-refractivity contribution in [3.8, 4) is 0 Å². The van der Waals surface area contributed by atoms with Crippen molar-refractivity contribution in [3.63, 3.8) is 0 Å². The third kappa shape index (κ3) is 1.78. The van der Waals surface area contributed by atoms with Crippen LogP contribution in [0.2, 0.25) is 0 Å². The third-order valence-electron chi connectivity index (χ3n) is 2.68. The minimum absolute atomic E-state index is 0.322. The number of nitrogens with one attached hydrogen (secondary N) is 1. The van der Waals surface area contributed by atoms with E-state index in [9.17, 15) is 8.42 Å². The van der Waals surface area contributed by atoms with Crippen molar-refractivity contribution in [3.05, 3.63) is 23.5 Å². The molecule has 1 aliphatic rings. The molecule has 0 spiro atoms. The van der Waals surface area contributed by atoms with E-state index in [4.69, 9.17) is 0 Å². The maximum Gasteiger partial charge on any atom is 0.247 e. The van der Waals surface area contributed by atoms with Crippen molar-refractivity contribution in [2.45, 2.75) is 25.2 Å². The zero-order chi connectivity index (χ0) is 11.8. The second-order valence-corrected chi connectivity index (χ2v) is 5.76. The zero-order valence-electron chi connectivity index (χ0n) is 9.40. The lowest BCUT2D eigenvalue weighted by Gasteiger charge is -2.22. The predicted molar refractivity (Wildman–Crippen MR) is 60.6 cm³/mol. The Balaban J connectivity index is 2.43. The van der Waals surface area contributed by atoms with Crippen LogP contribution in [0.5, 0.6) is 0 Å². The molecule has 0 aromatic carbocycles. The number of hydrogen-bond donors (Lipinski definition) is 1. The van der Waals surface area contributed by atoms with E-state index in [0.29, 0.717) is 29.4 Å². The van der Waals surface area contributed by atoms with E-state index >= 15 is 0 Å². The predicted octanol–water partition coefficient (Wildman–Crippen LogP) is 0.977. The molecule has 1 aliphatic heterocycles. The van der Waals surface area contributed by atoms with Gasteiger partial charge in [-0.1, -0.05) is 12.2 Å². The molecule has 0 unspecified atom stereocenters. The summed E-state index contributed by atoms with van der Waals surface area (Å²) < 4.78 is 26.1. The molecule has 2 rings (SSSR count). The number of hydrogen-bond acceptors (Lipinski definition) is 3. The molecule has 0 radical (unpaired) electrons. The summed E-state index contributed by atoms with van der Waals surface area (Å²) in [7, 11) is -3.39. The van der Waals surface area contributed by atoms with Gasteiger partial charge < -0.3 is 0 Å². The van der Waals surface area contributed by atoms with Crippen LogP contribution < -0.4 is 0 Å². The summed E-state index contributed by atoms with van der Waals surface area (Å²) in [6, 6.07) is 0. The Morgan fingerprint density at radius 1 is 1.38 bits per heavy atom. The van der Waals surface area contributed by atoms with E-state index in [1.807, 2.05) is 12.2 Å². The first kappa shape index (κ1) is 11.3. The highest BCUT2D eigenvalue weighted by molar-refractivity contribution is 7.89. The molecule has 0 atom stereocenters. The number of aromatic amines is 1. The summed E-state index contributed by atoms with van der Waals surface area (Å²) in [6.07, 6.45) is 4.65. The van der Waals surface area contributed by atoms with Crippen LogP contribution in [0.4, 0.5) is 0 Å². The van der Waals surface area contributed by atoms with Crippen molar-refractivity contribution >= 4 is 10.0 Å². The average molecular weight is 241 g/mol. The number of rotatable bonds is 2. The van der Waals surface area contributed by atoms with E-state index in [0.717, 1.165) is 6.42 Å². The zero-order valence-corrected chi connectivity index (χ0v) is 10.2. The first-order valence-electron chi connectivity index (χ1n) is 5.20. The summed E-state index contributed by atoms with van der Waals surface area (Å²) >= 11 is 0. The molecule has 0 amide bonds. The van der Waals surface area contributed by atoms with Crippen LogP contribution in [0.15, 0.2) is 17.0 Å². The third-order valence-corrected chi connectivity index (χ3v) is 4.81. The monoisotopic (exact) mass is 241 g/mol. The van der Waals surface area contributed by atoms with Gasteiger partial charge >= 0.3 is 0 Å². The number of sulfonamides is 1. The fourth-order valence-corrected chi connectivity index (χ4v) is 3.63. The van der Waals surface area contributed by atoms with Gasteiger partial charge in [0.25, 0.3) is 0 Å². The van der Waals surface area contributed by atoms with Crippen LogP contribution in [-0.2, 0) is 10.0 Å². The second-order valence-electron chi connectivity index (χ2n) is 3.89. The minimum atomic E-state index is -3.39. The summed E-state index contributed by atoms with van der Waals surface area (Å²) in [5.41, 5.74) is 1.14. The summed E-state index contributed by atoms with van der Waals surface area (Å²) in [5.74, 6) is 0. The number of aryl methyl sites for hydroxylation is 2. The standard InChI is InChI=1S/C10H15N3O2S/c1-8-10(9(2)12-11-8)16(14,15)13-6-4-3-5-7-13/h3-4H,5-7H2,1-2H3,(H,11,12). The fourth-order valence-electron chi connectivity index (χ4n) is 1.89. The van der Waals surface area contributed by atoms with Gasteiger partial charge in [-0.15, -0.1) is 0 Å². The quantitative estimate of drug-likeness (QED) is 0.785. The lowest BCUT2D eigenvalue weighted by atomic mass is 10.3. The van der Waals surface area contributed by atoms with Crippen LogP contribution in [0.1, 0.15) is 17.8 Å². The fraction of sp³-hybridized carbons (Fsp3) is 0.500. The normalized spacial score (nSPS) is 17.9. The van der Waals surface area contributed by atoms with Crippen molar-refractivity contribution in [2.24, 2.45) is 0 Å². The van der Waals surface area contributed by atoms with Crippen molar-refractivity contribution in [2.75, 3.05) is 13.1 Å². The summed E-state index contributed by atoms with van der Waals surface area (Å²) in [4.78, 5) is 0.322. The lowest BCUT2D eigenvalue weighted by Crippen LogP contribution is -2.34. The molecule has 1 aromatic rings. The Morgan fingerprint density at radius 3 is 2.62 bits per heavy atom. The van der Waals surface area contributed by atoms with Gasteiger partial charge in [0.2, 0.25) is 10.0 Å². The molecular weight excluding hydrogens is 226 g/mol. The van der Waals surface area contributed by atoms with Crippen LogP contribution >= 0.6 is 0 Å². The molecule has 88 valence electrons. The van der Waals surface area contributed by atoms with Crippen molar-refractivity contribution in [1.29, 1.82) is 0 Å². The molecule has 1 N–H and O–H groups in total. The van der Waals surface area contributed by atoms with E-state index in [1.54, 1.807) is 13.8 Å². The van der Waals surface area contributed by atoms with Gasteiger partial charge in [-0.2, -0.15) is 9.40 Å². The van der Waals surface area contributed by atoms with Gasteiger partial charge in [-0.05, 0) is 20.3 Å². The van der Waals surface area contributed by atoms with Crippen molar-refractivity contribution < 1.29 is 8.42 Å². The van der Waals surface area contributed by atoms with Gasteiger partial charge in [-0.25, -0.2) is 8.42 Å². The Labute approximate surface area is 95.2 Å². The molecule has 5 nitrogen and oxygen atoms in total. The van der Waals surface area contributed by atoms with Gasteiger partial charge in [0.15, 0.2) is 0 Å². The molecule has 0 bridgehead atoms. The Hall–Kier alpha value is -1.14. The van der Waals surface area contributed by atoms with E-state index in [-0.39, 0.29) is 0 Å². The topological polar surface area (TPSA) is 66.1 Å². The highest BCUT2D eigenvalue weighted by Crippen LogP contribution is 2.22. The van der Waals surface area contributed by atoms with Gasteiger partial charge in [0.05, 0.1) is 11.4 Å². The number of H-pyrrole nitrogens is 1. The van der Waals surface area contributed by atoms with E-state index in [2.05, 4.69) is 10.2 Å². The SMILES string of the molecule is Cc1n[nH]c(C)c1S(=O)(=O)N1CC=CCC1. The molecule has 2 heterocycles. The minimum Gasteiger partial charge on any atom is -0.281 e. The molecule has 0 saturated heterocycles. The molecule has 1 aromatic heterocycles. The molecule has 0 aliphatic carbocycles. The summed E-state index contributed by atoms with van der Waals surface area (Å²) in [6.45, 7) is 4.43. The summed E-state index contributed by atoms with van der Waals surface area (Å²) in [5, 5.41) is 6.64. The first-order chi connectivity index (χ1) is 7.53.